The van der Waals surface area contributed by atoms with Crippen LogP contribution in [0.15, 0.2) is 59.8 Å². The van der Waals surface area contributed by atoms with Gasteiger partial charge >= 0.3 is 0 Å². The van der Waals surface area contributed by atoms with Crippen LogP contribution in [0.25, 0.3) is 0 Å². The molecule has 0 atom stereocenters. The average molecular weight is 375 g/mol. The number of hydrogen-bond acceptors (Lipinski definition) is 5. The van der Waals surface area contributed by atoms with Crippen molar-refractivity contribution in [3.05, 3.63) is 77.0 Å². The first-order chi connectivity index (χ1) is 13.0. The van der Waals surface area contributed by atoms with E-state index in [0.29, 0.717) is 22.4 Å². The molecular formula is C22H21N3OS. The molecule has 1 heterocycles. The highest BCUT2D eigenvalue weighted by molar-refractivity contribution is 7.98. The molecule has 0 saturated carbocycles. The number of benzene rings is 2. The summed E-state index contributed by atoms with van der Waals surface area (Å²) in [6.45, 7) is 6.22. The molecule has 2 aromatic carbocycles. The largest absolute Gasteiger partial charge is 0.439 e. The van der Waals surface area contributed by atoms with Crippen LogP contribution in [0.2, 0.25) is 0 Å². The van der Waals surface area contributed by atoms with Gasteiger partial charge in [-0.3, -0.25) is 0 Å². The minimum absolute atomic E-state index is 0.263. The van der Waals surface area contributed by atoms with Gasteiger partial charge < -0.3 is 4.74 Å². The third kappa shape index (κ3) is 5.08. The summed E-state index contributed by atoms with van der Waals surface area (Å²) >= 11 is 1.51. The lowest BCUT2D eigenvalue weighted by Crippen LogP contribution is -2.00. The lowest BCUT2D eigenvalue weighted by molar-refractivity contribution is 0.452. The molecule has 0 fully saturated rings. The van der Waals surface area contributed by atoms with Crippen LogP contribution < -0.4 is 4.74 Å². The molecule has 0 spiro atoms. The predicted molar refractivity (Wildman–Crippen MR) is 108 cm³/mol. The summed E-state index contributed by atoms with van der Waals surface area (Å²) in [5.74, 6) is 2.19. The van der Waals surface area contributed by atoms with E-state index >= 15 is 0 Å². The molecule has 0 aliphatic rings. The van der Waals surface area contributed by atoms with E-state index in [0.717, 1.165) is 22.6 Å². The Labute approximate surface area is 164 Å². The zero-order valence-electron chi connectivity index (χ0n) is 15.6. The van der Waals surface area contributed by atoms with Crippen LogP contribution in [0.3, 0.4) is 0 Å². The predicted octanol–water partition coefficient (Wildman–Crippen LogP) is 5.86. The molecule has 4 nitrogen and oxygen atoms in total. The van der Waals surface area contributed by atoms with Gasteiger partial charge in [0.1, 0.15) is 5.75 Å². The first-order valence-electron chi connectivity index (χ1n) is 8.79. The summed E-state index contributed by atoms with van der Waals surface area (Å²) in [4.78, 5) is 9.21. The van der Waals surface area contributed by atoms with E-state index in [-0.39, 0.29) is 5.92 Å². The maximum Gasteiger partial charge on any atom is 0.223 e. The molecule has 0 saturated heterocycles. The number of aryl methyl sites for hydroxylation is 1. The molecular weight excluding hydrogens is 354 g/mol. The van der Waals surface area contributed by atoms with Crippen molar-refractivity contribution >= 4 is 11.8 Å². The molecule has 0 unspecified atom stereocenters. The number of rotatable bonds is 6. The highest BCUT2D eigenvalue weighted by Gasteiger charge is 2.11. The summed E-state index contributed by atoms with van der Waals surface area (Å²) in [6.07, 6.45) is 0. The summed E-state index contributed by atoms with van der Waals surface area (Å²) < 4.78 is 5.97. The molecule has 0 amide bonds. The second-order valence-electron chi connectivity index (χ2n) is 6.54. The van der Waals surface area contributed by atoms with Gasteiger partial charge in [-0.2, -0.15) is 10.2 Å². The van der Waals surface area contributed by atoms with Gasteiger partial charge in [-0.15, -0.1) is 0 Å². The van der Waals surface area contributed by atoms with Crippen LogP contribution in [0.1, 0.15) is 42.1 Å². The quantitative estimate of drug-likeness (QED) is 0.399. The smallest absolute Gasteiger partial charge is 0.223 e. The molecule has 3 aromatic rings. The maximum absolute atomic E-state index is 9.25. The standard InChI is InChI=1S/C22H21N3OS/c1-15(2)20-12-21(26-19-10-6-7-16(3)11-19)25-22(24-20)27-14-18-9-5-4-8-17(18)13-23/h4-12,15H,14H2,1-3H3. The van der Waals surface area contributed by atoms with Crippen molar-refractivity contribution in [2.45, 2.75) is 37.6 Å². The van der Waals surface area contributed by atoms with Gasteiger partial charge in [-0.05, 0) is 42.2 Å². The van der Waals surface area contributed by atoms with E-state index < -0.39 is 0 Å². The molecule has 3 rings (SSSR count). The zero-order valence-corrected chi connectivity index (χ0v) is 16.5. The first kappa shape index (κ1) is 18.9. The second kappa shape index (κ2) is 8.70. The topological polar surface area (TPSA) is 58.8 Å². The SMILES string of the molecule is Cc1cccc(Oc2cc(C(C)C)nc(SCc3ccccc3C#N)n2)c1. The maximum atomic E-state index is 9.25. The summed E-state index contributed by atoms with van der Waals surface area (Å²) in [6, 6.07) is 19.6. The van der Waals surface area contributed by atoms with Crippen molar-refractivity contribution in [3.8, 4) is 17.7 Å². The fraction of sp³-hybridized carbons (Fsp3) is 0.227. The third-order valence-corrected chi connectivity index (χ3v) is 4.90. The Morgan fingerprint density at radius 1 is 1.07 bits per heavy atom. The molecule has 0 aliphatic carbocycles. The van der Waals surface area contributed by atoms with E-state index in [4.69, 9.17) is 4.74 Å². The Balaban J connectivity index is 1.84. The summed E-state index contributed by atoms with van der Waals surface area (Å²) in [7, 11) is 0. The van der Waals surface area contributed by atoms with Crippen molar-refractivity contribution in [3.63, 3.8) is 0 Å². The van der Waals surface area contributed by atoms with Gasteiger partial charge in [-0.1, -0.05) is 55.9 Å². The van der Waals surface area contributed by atoms with Gasteiger partial charge in [0, 0.05) is 11.8 Å². The van der Waals surface area contributed by atoms with Crippen LogP contribution in [-0.4, -0.2) is 9.97 Å². The minimum Gasteiger partial charge on any atom is -0.439 e. The number of hydrogen-bond donors (Lipinski definition) is 0. The highest BCUT2D eigenvalue weighted by Crippen LogP contribution is 2.28. The van der Waals surface area contributed by atoms with Crippen LogP contribution in [0, 0.1) is 18.3 Å². The number of aromatic nitrogens is 2. The summed E-state index contributed by atoms with van der Waals surface area (Å²) in [5.41, 5.74) is 3.73. The van der Waals surface area contributed by atoms with Gasteiger partial charge in [0.25, 0.3) is 0 Å². The average Bonchev–Trinajstić information content (AvgIpc) is 2.66. The molecule has 0 radical (unpaired) electrons. The molecule has 136 valence electrons. The van der Waals surface area contributed by atoms with E-state index in [1.165, 1.54) is 11.8 Å². The van der Waals surface area contributed by atoms with Crippen LogP contribution in [0.4, 0.5) is 0 Å². The van der Waals surface area contributed by atoms with E-state index in [1.54, 1.807) is 0 Å². The van der Waals surface area contributed by atoms with Crippen molar-refractivity contribution in [1.82, 2.24) is 9.97 Å². The van der Waals surface area contributed by atoms with E-state index in [1.807, 2.05) is 61.5 Å². The van der Waals surface area contributed by atoms with Gasteiger partial charge in [0.05, 0.1) is 17.3 Å². The van der Waals surface area contributed by atoms with Gasteiger partial charge in [0.15, 0.2) is 5.16 Å². The Bertz CT molecular complexity index is 979. The molecule has 0 bridgehead atoms. The number of nitriles is 1. The molecule has 1 aromatic heterocycles. The van der Waals surface area contributed by atoms with Gasteiger partial charge in [-0.25, -0.2) is 4.98 Å². The molecule has 5 heteroatoms. The Morgan fingerprint density at radius 2 is 1.89 bits per heavy atom. The monoisotopic (exact) mass is 375 g/mol. The fourth-order valence-electron chi connectivity index (χ4n) is 2.53. The number of ether oxygens (including phenoxy) is 1. The Hall–Kier alpha value is -2.84. The van der Waals surface area contributed by atoms with Crippen LogP contribution in [0.5, 0.6) is 11.6 Å². The lowest BCUT2D eigenvalue weighted by Gasteiger charge is -2.11. The third-order valence-electron chi connectivity index (χ3n) is 4.00. The van der Waals surface area contributed by atoms with Crippen molar-refractivity contribution in [2.24, 2.45) is 0 Å². The van der Waals surface area contributed by atoms with Gasteiger partial charge in [0.2, 0.25) is 5.88 Å². The Kier molecular flexibility index (Phi) is 6.10. The fourth-order valence-corrected chi connectivity index (χ4v) is 3.39. The van der Waals surface area contributed by atoms with Crippen LogP contribution in [-0.2, 0) is 5.75 Å². The summed E-state index contributed by atoms with van der Waals surface area (Å²) in [5, 5.41) is 9.90. The Morgan fingerprint density at radius 3 is 2.63 bits per heavy atom. The van der Waals surface area contributed by atoms with Crippen molar-refractivity contribution < 1.29 is 4.74 Å². The molecule has 27 heavy (non-hydrogen) atoms. The van der Waals surface area contributed by atoms with Crippen LogP contribution >= 0.6 is 11.8 Å². The molecule has 0 aliphatic heterocycles. The van der Waals surface area contributed by atoms with E-state index in [2.05, 4.69) is 29.9 Å². The number of nitrogens with zero attached hydrogens (tertiary/aromatic N) is 3. The first-order valence-corrected chi connectivity index (χ1v) is 9.78. The number of thioether (sulfide) groups is 1. The van der Waals surface area contributed by atoms with Crippen molar-refractivity contribution in [1.29, 1.82) is 5.26 Å². The molecule has 0 N–H and O–H groups in total. The van der Waals surface area contributed by atoms with E-state index in [9.17, 15) is 5.26 Å². The van der Waals surface area contributed by atoms with Crippen molar-refractivity contribution in [2.75, 3.05) is 0 Å². The highest BCUT2D eigenvalue weighted by atomic mass is 32.2. The normalized spacial score (nSPS) is 10.6. The second-order valence-corrected chi connectivity index (χ2v) is 7.49. The zero-order chi connectivity index (χ0) is 19.2. The minimum atomic E-state index is 0.263. The lowest BCUT2D eigenvalue weighted by atomic mass is 10.1.